The van der Waals surface area contributed by atoms with Crippen molar-refractivity contribution in [2.75, 3.05) is 0 Å². The van der Waals surface area contributed by atoms with Crippen LogP contribution in [0.1, 0.15) is 10.4 Å². The third-order valence-corrected chi connectivity index (χ3v) is 2.61. The van der Waals surface area contributed by atoms with Gasteiger partial charge in [0.25, 0.3) is 0 Å². The predicted octanol–water partition coefficient (Wildman–Crippen LogP) is 3.35. The maximum atomic E-state index is 11.0. The first-order valence-corrected chi connectivity index (χ1v) is 5.24. The number of aromatic nitrogens is 1. The fraction of sp³-hybridized carbons (Fsp3) is 0. The molecule has 1 N–H and O–H groups in total. The second-order valence-corrected chi connectivity index (χ2v) is 4.21. The number of carboxylic acid groups (broad SMARTS) is 1. The van der Waals surface area contributed by atoms with Crippen molar-refractivity contribution in [2.24, 2.45) is 0 Å². The molecule has 15 heavy (non-hydrogen) atoms. The number of hydrogen-bond acceptors (Lipinski definition) is 2. The molecule has 76 valence electrons. The minimum absolute atomic E-state index is 0.189. The maximum absolute atomic E-state index is 11.0. The van der Waals surface area contributed by atoms with Gasteiger partial charge in [-0.05, 0) is 40.2 Å². The van der Waals surface area contributed by atoms with Crippen LogP contribution in [-0.4, -0.2) is 16.1 Å². The van der Waals surface area contributed by atoms with Crippen LogP contribution in [0.4, 0.5) is 0 Å². The second kappa shape index (κ2) is 3.79. The van der Waals surface area contributed by atoms with E-state index in [-0.39, 0.29) is 5.56 Å². The number of aromatic carboxylic acids is 1. The van der Waals surface area contributed by atoms with Gasteiger partial charge in [-0.2, -0.15) is 0 Å². The van der Waals surface area contributed by atoms with Crippen molar-refractivity contribution in [3.8, 4) is 0 Å². The topological polar surface area (TPSA) is 50.2 Å². The summed E-state index contributed by atoms with van der Waals surface area (Å²) < 4.78 is 0.495. The van der Waals surface area contributed by atoms with Crippen LogP contribution in [0, 0.1) is 0 Å². The van der Waals surface area contributed by atoms with E-state index in [1.165, 1.54) is 6.07 Å². The SMILES string of the molecule is O=C(O)c1cc(Br)nc2ccc(Cl)cc12. The van der Waals surface area contributed by atoms with E-state index in [1.54, 1.807) is 18.2 Å². The van der Waals surface area contributed by atoms with Gasteiger partial charge in [-0.25, -0.2) is 9.78 Å². The largest absolute Gasteiger partial charge is 0.478 e. The first kappa shape index (κ1) is 10.4. The summed E-state index contributed by atoms with van der Waals surface area (Å²) >= 11 is 8.97. The highest BCUT2D eigenvalue weighted by atomic mass is 79.9. The third kappa shape index (κ3) is 1.96. The quantitative estimate of drug-likeness (QED) is 0.818. The zero-order chi connectivity index (χ0) is 11.0. The molecule has 0 unspecified atom stereocenters. The second-order valence-electron chi connectivity index (χ2n) is 2.96. The molecule has 0 radical (unpaired) electrons. The molecule has 2 aromatic rings. The van der Waals surface area contributed by atoms with Gasteiger partial charge in [0.05, 0.1) is 11.1 Å². The summed E-state index contributed by atoms with van der Waals surface area (Å²) in [5.74, 6) is -0.995. The van der Waals surface area contributed by atoms with Crippen LogP contribution in [0.15, 0.2) is 28.9 Å². The van der Waals surface area contributed by atoms with E-state index >= 15 is 0 Å². The Morgan fingerprint density at radius 1 is 1.40 bits per heavy atom. The van der Waals surface area contributed by atoms with Gasteiger partial charge in [0.2, 0.25) is 0 Å². The number of carboxylic acids is 1. The van der Waals surface area contributed by atoms with Crippen molar-refractivity contribution in [2.45, 2.75) is 0 Å². The molecule has 0 spiro atoms. The zero-order valence-corrected chi connectivity index (χ0v) is 9.71. The van der Waals surface area contributed by atoms with Gasteiger partial charge in [0, 0.05) is 10.4 Å². The lowest BCUT2D eigenvalue weighted by atomic mass is 10.1. The van der Waals surface area contributed by atoms with Crippen LogP contribution in [-0.2, 0) is 0 Å². The number of benzene rings is 1. The summed E-state index contributed by atoms with van der Waals surface area (Å²) in [6.07, 6.45) is 0. The highest BCUT2D eigenvalue weighted by Gasteiger charge is 2.11. The lowest BCUT2D eigenvalue weighted by Crippen LogP contribution is -1.99. The fourth-order valence-corrected chi connectivity index (χ4v) is 1.93. The molecule has 0 aliphatic carbocycles. The lowest BCUT2D eigenvalue weighted by molar-refractivity contribution is 0.0699. The average Bonchev–Trinajstić information content (AvgIpc) is 2.17. The van der Waals surface area contributed by atoms with E-state index in [2.05, 4.69) is 20.9 Å². The van der Waals surface area contributed by atoms with Crippen LogP contribution in [0.3, 0.4) is 0 Å². The molecular weight excluding hydrogens is 281 g/mol. The Morgan fingerprint density at radius 2 is 2.13 bits per heavy atom. The van der Waals surface area contributed by atoms with Crippen molar-refractivity contribution >= 4 is 44.4 Å². The van der Waals surface area contributed by atoms with Crippen LogP contribution < -0.4 is 0 Å². The third-order valence-electron chi connectivity index (χ3n) is 1.97. The number of fused-ring (bicyclic) bond motifs is 1. The van der Waals surface area contributed by atoms with E-state index in [4.69, 9.17) is 16.7 Å². The van der Waals surface area contributed by atoms with E-state index in [9.17, 15) is 4.79 Å². The molecule has 0 saturated heterocycles. The first-order chi connectivity index (χ1) is 7.08. The normalized spacial score (nSPS) is 10.5. The van der Waals surface area contributed by atoms with Crippen molar-refractivity contribution in [3.63, 3.8) is 0 Å². The molecule has 2 rings (SSSR count). The first-order valence-electron chi connectivity index (χ1n) is 4.07. The Kier molecular flexibility index (Phi) is 2.63. The summed E-state index contributed by atoms with van der Waals surface area (Å²) in [7, 11) is 0. The van der Waals surface area contributed by atoms with Crippen molar-refractivity contribution in [1.82, 2.24) is 4.98 Å². The summed E-state index contributed by atoms with van der Waals surface area (Å²) in [6.45, 7) is 0. The van der Waals surface area contributed by atoms with Gasteiger partial charge in [0.15, 0.2) is 0 Å². The summed E-state index contributed by atoms with van der Waals surface area (Å²) in [4.78, 5) is 15.1. The molecular formula is C10H5BrClNO2. The minimum atomic E-state index is -0.995. The Labute approximate surface area is 98.8 Å². The Hall–Kier alpha value is -1.13. The van der Waals surface area contributed by atoms with Gasteiger partial charge in [-0.1, -0.05) is 11.6 Å². The highest BCUT2D eigenvalue weighted by molar-refractivity contribution is 9.10. The Morgan fingerprint density at radius 3 is 2.80 bits per heavy atom. The van der Waals surface area contributed by atoms with Crippen LogP contribution in [0.25, 0.3) is 10.9 Å². The number of rotatable bonds is 1. The van der Waals surface area contributed by atoms with E-state index < -0.39 is 5.97 Å². The minimum Gasteiger partial charge on any atom is -0.478 e. The van der Waals surface area contributed by atoms with Crippen LogP contribution in [0.2, 0.25) is 5.02 Å². The molecule has 1 aromatic heterocycles. The molecule has 5 heteroatoms. The molecule has 0 aliphatic heterocycles. The maximum Gasteiger partial charge on any atom is 0.336 e. The standard InChI is InChI=1S/C10H5BrClNO2/c11-9-4-7(10(14)15)6-3-5(12)1-2-8(6)13-9/h1-4H,(H,14,15). The van der Waals surface area contributed by atoms with E-state index in [0.717, 1.165) is 0 Å². The molecule has 0 fully saturated rings. The molecule has 0 amide bonds. The average molecular weight is 287 g/mol. The summed E-state index contributed by atoms with van der Waals surface area (Å²) in [5.41, 5.74) is 0.792. The van der Waals surface area contributed by atoms with Crippen molar-refractivity contribution in [3.05, 3.63) is 39.5 Å². The predicted molar refractivity (Wildman–Crippen MR) is 61.4 cm³/mol. The van der Waals surface area contributed by atoms with Gasteiger partial charge >= 0.3 is 5.97 Å². The number of halogens is 2. The molecule has 0 aliphatic rings. The molecule has 0 saturated carbocycles. The number of nitrogens with zero attached hydrogens (tertiary/aromatic N) is 1. The van der Waals surface area contributed by atoms with Gasteiger partial charge in [0.1, 0.15) is 4.60 Å². The molecule has 0 atom stereocenters. The molecule has 1 heterocycles. The van der Waals surface area contributed by atoms with E-state index in [1.807, 2.05) is 0 Å². The summed E-state index contributed by atoms with van der Waals surface area (Å²) in [5, 5.41) is 10.0. The number of carbonyl (C=O) groups is 1. The lowest BCUT2D eigenvalue weighted by Gasteiger charge is -2.03. The number of hydrogen-bond donors (Lipinski definition) is 1. The molecule has 1 aromatic carbocycles. The van der Waals surface area contributed by atoms with Crippen molar-refractivity contribution < 1.29 is 9.90 Å². The van der Waals surface area contributed by atoms with Crippen LogP contribution in [0.5, 0.6) is 0 Å². The van der Waals surface area contributed by atoms with Gasteiger partial charge < -0.3 is 5.11 Å². The summed E-state index contributed by atoms with van der Waals surface area (Å²) in [6, 6.07) is 6.42. The monoisotopic (exact) mass is 285 g/mol. The van der Waals surface area contributed by atoms with Gasteiger partial charge in [-0.3, -0.25) is 0 Å². The molecule has 0 bridgehead atoms. The number of pyridine rings is 1. The van der Waals surface area contributed by atoms with Crippen molar-refractivity contribution in [1.29, 1.82) is 0 Å². The zero-order valence-electron chi connectivity index (χ0n) is 7.37. The Balaban J connectivity index is 2.87. The Bertz CT molecular complexity index is 556. The highest BCUT2D eigenvalue weighted by Crippen LogP contribution is 2.24. The smallest absolute Gasteiger partial charge is 0.336 e. The van der Waals surface area contributed by atoms with E-state index in [0.29, 0.717) is 20.5 Å². The molecule has 3 nitrogen and oxygen atoms in total. The van der Waals surface area contributed by atoms with Crippen LogP contribution >= 0.6 is 27.5 Å². The van der Waals surface area contributed by atoms with Gasteiger partial charge in [-0.15, -0.1) is 0 Å². The fourth-order valence-electron chi connectivity index (χ4n) is 1.34.